The van der Waals surface area contributed by atoms with Crippen molar-refractivity contribution in [3.05, 3.63) is 35.8 Å². The van der Waals surface area contributed by atoms with Gasteiger partial charge in [-0.3, -0.25) is 4.79 Å². The van der Waals surface area contributed by atoms with Crippen LogP contribution in [-0.2, 0) is 10.2 Å². The van der Waals surface area contributed by atoms with Crippen molar-refractivity contribution in [3.8, 4) is 0 Å². The summed E-state index contributed by atoms with van der Waals surface area (Å²) in [5.74, 6) is -0.155. The Morgan fingerprint density at radius 2 is 2.14 bits per heavy atom. The van der Waals surface area contributed by atoms with Gasteiger partial charge in [0.2, 0.25) is 5.91 Å². The first-order chi connectivity index (χ1) is 9.94. The van der Waals surface area contributed by atoms with Crippen LogP contribution in [0.5, 0.6) is 0 Å². The maximum atomic E-state index is 13.2. The van der Waals surface area contributed by atoms with Crippen LogP contribution < -0.4 is 5.32 Å². The summed E-state index contributed by atoms with van der Waals surface area (Å²) in [6, 6.07) is 4.75. The SMILES string of the molecule is CCCCC(=O)NCC(C)(C)c1c[nH]c2cc(F)ccc12. The van der Waals surface area contributed by atoms with Gasteiger partial charge in [0.05, 0.1) is 0 Å². The third kappa shape index (κ3) is 3.63. The third-order valence-corrected chi connectivity index (χ3v) is 3.86. The van der Waals surface area contributed by atoms with E-state index in [4.69, 9.17) is 0 Å². The van der Waals surface area contributed by atoms with Crippen LogP contribution in [0.1, 0.15) is 45.6 Å². The molecule has 0 bridgehead atoms. The van der Waals surface area contributed by atoms with Crippen LogP contribution in [0.15, 0.2) is 24.4 Å². The van der Waals surface area contributed by atoms with Crippen LogP contribution >= 0.6 is 0 Å². The van der Waals surface area contributed by atoms with Crippen molar-refractivity contribution in [2.45, 2.75) is 45.4 Å². The Bertz CT molecular complexity index is 631. The monoisotopic (exact) mass is 290 g/mol. The molecule has 3 nitrogen and oxygen atoms in total. The van der Waals surface area contributed by atoms with Gasteiger partial charge in [0.25, 0.3) is 0 Å². The number of benzene rings is 1. The van der Waals surface area contributed by atoms with E-state index >= 15 is 0 Å². The molecule has 0 saturated carbocycles. The molecule has 21 heavy (non-hydrogen) atoms. The number of rotatable bonds is 6. The summed E-state index contributed by atoms with van der Waals surface area (Å²) in [6.07, 6.45) is 4.41. The predicted octanol–water partition coefficient (Wildman–Crippen LogP) is 3.89. The van der Waals surface area contributed by atoms with Gasteiger partial charge < -0.3 is 10.3 Å². The van der Waals surface area contributed by atoms with Gasteiger partial charge in [0.1, 0.15) is 5.82 Å². The van der Waals surface area contributed by atoms with Crippen molar-refractivity contribution in [2.75, 3.05) is 6.54 Å². The number of nitrogens with one attached hydrogen (secondary N) is 2. The summed E-state index contributed by atoms with van der Waals surface area (Å²) in [5, 5.41) is 4.00. The first kappa shape index (κ1) is 15.5. The molecular weight excluding hydrogens is 267 g/mol. The van der Waals surface area contributed by atoms with Crippen molar-refractivity contribution in [2.24, 2.45) is 0 Å². The summed E-state index contributed by atoms with van der Waals surface area (Å²) in [7, 11) is 0. The Labute approximate surface area is 124 Å². The Balaban J connectivity index is 2.12. The van der Waals surface area contributed by atoms with Gasteiger partial charge >= 0.3 is 0 Å². The molecule has 0 radical (unpaired) electrons. The van der Waals surface area contributed by atoms with Crippen LogP contribution in [0.4, 0.5) is 4.39 Å². The van der Waals surface area contributed by atoms with E-state index in [9.17, 15) is 9.18 Å². The van der Waals surface area contributed by atoms with Crippen molar-refractivity contribution < 1.29 is 9.18 Å². The molecule has 4 heteroatoms. The lowest BCUT2D eigenvalue weighted by Gasteiger charge is -2.25. The molecule has 2 N–H and O–H groups in total. The van der Waals surface area contributed by atoms with E-state index < -0.39 is 0 Å². The van der Waals surface area contributed by atoms with Gasteiger partial charge in [-0.1, -0.05) is 27.2 Å². The van der Waals surface area contributed by atoms with Gasteiger partial charge in [-0.15, -0.1) is 0 Å². The van der Waals surface area contributed by atoms with Crippen molar-refractivity contribution >= 4 is 16.8 Å². The summed E-state index contributed by atoms with van der Waals surface area (Å²) < 4.78 is 13.2. The fourth-order valence-corrected chi connectivity index (χ4v) is 2.50. The second-order valence-corrected chi connectivity index (χ2v) is 6.16. The summed E-state index contributed by atoms with van der Waals surface area (Å²) in [4.78, 5) is 14.9. The highest BCUT2D eigenvalue weighted by Crippen LogP contribution is 2.30. The first-order valence-corrected chi connectivity index (χ1v) is 7.48. The molecule has 0 fully saturated rings. The summed E-state index contributed by atoms with van der Waals surface area (Å²) >= 11 is 0. The number of carbonyl (C=O) groups excluding carboxylic acids is 1. The quantitative estimate of drug-likeness (QED) is 0.833. The van der Waals surface area contributed by atoms with Crippen LogP contribution in [-0.4, -0.2) is 17.4 Å². The maximum Gasteiger partial charge on any atom is 0.220 e. The second-order valence-electron chi connectivity index (χ2n) is 6.16. The van der Waals surface area contributed by atoms with Crippen LogP contribution in [0.2, 0.25) is 0 Å². The molecular formula is C17H23FN2O. The number of hydrogen-bond donors (Lipinski definition) is 2. The molecule has 0 saturated heterocycles. The van der Waals surface area contributed by atoms with Gasteiger partial charge in [0.15, 0.2) is 0 Å². The van der Waals surface area contributed by atoms with Gasteiger partial charge in [0, 0.05) is 35.5 Å². The van der Waals surface area contributed by atoms with E-state index in [1.165, 1.54) is 12.1 Å². The number of aromatic amines is 1. The van der Waals surface area contributed by atoms with Crippen LogP contribution in [0.3, 0.4) is 0 Å². The van der Waals surface area contributed by atoms with E-state index in [-0.39, 0.29) is 17.1 Å². The van der Waals surface area contributed by atoms with Gasteiger partial charge in [-0.2, -0.15) is 0 Å². The van der Waals surface area contributed by atoms with Gasteiger partial charge in [-0.05, 0) is 30.2 Å². The molecule has 0 unspecified atom stereocenters. The smallest absolute Gasteiger partial charge is 0.220 e. The number of aromatic nitrogens is 1. The zero-order valence-corrected chi connectivity index (χ0v) is 12.9. The van der Waals surface area contributed by atoms with Crippen molar-refractivity contribution in [3.63, 3.8) is 0 Å². The maximum absolute atomic E-state index is 13.2. The fourth-order valence-electron chi connectivity index (χ4n) is 2.50. The van der Waals surface area contributed by atoms with Gasteiger partial charge in [-0.25, -0.2) is 4.39 Å². The summed E-state index contributed by atoms with van der Waals surface area (Å²) in [5.41, 5.74) is 1.67. The highest BCUT2D eigenvalue weighted by atomic mass is 19.1. The number of halogens is 1. The number of unbranched alkanes of at least 4 members (excludes halogenated alkanes) is 1. The Hall–Kier alpha value is -1.84. The van der Waals surface area contributed by atoms with E-state index in [1.807, 2.05) is 6.20 Å². The van der Waals surface area contributed by atoms with E-state index in [2.05, 4.69) is 31.1 Å². The molecule has 1 heterocycles. The zero-order valence-electron chi connectivity index (χ0n) is 12.9. The number of amides is 1. The molecule has 114 valence electrons. The Morgan fingerprint density at radius 1 is 1.38 bits per heavy atom. The Kier molecular flexibility index (Phi) is 4.66. The zero-order chi connectivity index (χ0) is 15.5. The number of fused-ring (bicyclic) bond motifs is 1. The largest absolute Gasteiger partial charge is 0.361 e. The standard InChI is InChI=1S/C17H23FN2O/c1-4-5-6-16(21)20-11-17(2,3)14-10-19-15-9-12(18)7-8-13(14)15/h7-10,19H,4-6,11H2,1-3H3,(H,20,21). The minimum atomic E-state index is -0.249. The number of carbonyl (C=O) groups is 1. The molecule has 1 aromatic heterocycles. The lowest BCUT2D eigenvalue weighted by molar-refractivity contribution is -0.121. The molecule has 0 atom stereocenters. The fraction of sp³-hybridized carbons (Fsp3) is 0.471. The lowest BCUT2D eigenvalue weighted by atomic mass is 9.84. The minimum absolute atomic E-state index is 0.0933. The normalized spacial score (nSPS) is 11.8. The molecule has 2 aromatic rings. The number of H-pyrrole nitrogens is 1. The lowest BCUT2D eigenvalue weighted by Crippen LogP contribution is -2.36. The second kappa shape index (κ2) is 6.29. The molecule has 1 aromatic carbocycles. The van der Waals surface area contributed by atoms with Crippen LogP contribution in [0, 0.1) is 5.82 Å². The van der Waals surface area contributed by atoms with E-state index in [1.54, 1.807) is 6.07 Å². The average molecular weight is 290 g/mol. The van der Waals surface area contributed by atoms with Crippen molar-refractivity contribution in [1.29, 1.82) is 0 Å². The van der Waals surface area contributed by atoms with Crippen molar-refractivity contribution in [1.82, 2.24) is 10.3 Å². The minimum Gasteiger partial charge on any atom is -0.361 e. The topological polar surface area (TPSA) is 44.9 Å². The highest BCUT2D eigenvalue weighted by molar-refractivity contribution is 5.84. The Morgan fingerprint density at radius 3 is 2.86 bits per heavy atom. The average Bonchev–Trinajstić information content (AvgIpc) is 2.86. The number of hydrogen-bond acceptors (Lipinski definition) is 1. The molecule has 2 rings (SSSR count). The van der Waals surface area contributed by atoms with Crippen LogP contribution in [0.25, 0.3) is 10.9 Å². The van der Waals surface area contributed by atoms with E-state index in [0.29, 0.717) is 13.0 Å². The molecule has 0 spiro atoms. The van der Waals surface area contributed by atoms with E-state index in [0.717, 1.165) is 29.3 Å². The predicted molar refractivity (Wildman–Crippen MR) is 83.8 cm³/mol. The third-order valence-electron chi connectivity index (χ3n) is 3.86. The molecule has 0 aliphatic heterocycles. The first-order valence-electron chi connectivity index (χ1n) is 7.48. The molecule has 1 amide bonds. The highest BCUT2D eigenvalue weighted by Gasteiger charge is 2.24. The molecule has 0 aliphatic carbocycles. The molecule has 0 aliphatic rings. The summed E-state index contributed by atoms with van der Waals surface area (Å²) in [6.45, 7) is 6.81.